The molecule has 0 saturated heterocycles. The Hall–Kier alpha value is -2.97. The average Bonchev–Trinajstić information content (AvgIpc) is 2.68. The number of aromatic nitrogens is 1. The maximum atomic E-state index is 13.7. The highest BCUT2D eigenvalue weighted by atomic mass is 35.5. The van der Waals surface area contributed by atoms with E-state index < -0.39 is 34.5 Å². The van der Waals surface area contributed by atoms with E-state index in [0.29, 0.717) is 11.3 Å². The summed E-state index contributed by atoms with van der Waals surface area (Å²) in [5.74, 6) is -2.45. The number of pyridine rings is 1. The fourth-order valence-electron chi connectivity index (χ4n) is 2.77. The number of ether oxygens (including phenoxy) is 1. The highest BCUT2D eigenvalue weighted by Crippen LogP contribution is 2.29. The number of hydrogen-bond donors (Lipinski definition) is 2. The Morgan fingerprint density at radius 1 is 1.15 bits per heavy atom. The molecule has 7 nitrogen and oxygen atoms in total. The van der Waals surface area contributed by atoms with Crippen LogP contribution in [0.1, 0.15) is 62.0 Å². The molecule has 0 unspecified atom stereocenters. The third-order valence-corrected chi connectivity index (χ3v) is 4.71. The van der Waals surface area contributed by atoms with Crippen LogP contribution in [-0.4, -0.2) is 28.5 Å². The third-order valence-electron chi connectivity index (χ3n) is 4.15. The molecule has 0 aliphatic carbocycles. The lowest BCUT2D eigenvalue weighted by atomic mass is 9.97. The topological polar surface area (TPSA) is 97.4 Å². The molecule has 10 heteroatoms. The van der Waals surface area contributed by atoms with Crippen LogP contribution in [0.4, 0.5) is 14.9 Å². The van der Waals surface area contributed by atoms with Crippen LogP contribution in [-0.2, 0) is 9.53 Å². The van der Waals surface area contributed by atoms with E-state index in [-0.39, 0.29) is 16.6 Å². The Labute approximate surface area is 201 Å². The molecule has 0 radical (unpaired) electrons. The molecule has 0 aliphatic rings. The van der Waals surface area contributed by atoms with Crippen molar-refractivity contribution in [2.45, 2.75) is 46.1 Å². The number of imide groups is 1. The molecule has 2 N–H and O–H groups in total. The molecule has 2 rings (SSSR count). The van der Waals surface area contributed by atoms with Crippen LogP contribution in [0.2, 0.25) is 10.3 Å². The second kappa shape index (κ2) is 10.8. The molecule has 0 fully saturated rings. The van der Waals surface area contributed by atoms with E-state index in [2.05, 4.69) is 15.6 Å². The van der Waals surface area contributed by atoms with Crippen LogP contribution in [0, 0.1) is 5.82 Å². The highest BCUT2D eigenvalue weighted by Gasteiger charge is 2.20. The van der Waals surface area contributed by atoms with Gasteiger partial charge in [0.25, 0.3) is 5.91 Å². The Bertz CT molecular complexity index is 1110. The predicted molar refractivity (Wildman–Crippen MR) is 126 cm³/mol. The first kappa shape index (κ1) is 26.3. The number of hydrogen-bond acceptors (Lipinski definition) is 5. The van der Waals surface area contributed by atoms with Crippen molar-refractivity contribution in [3.63, 3.8) is 0 Å². The van der Waals surface area contributed by atoms with Gasteiger partial charge >= 0.3 is 12.0 Å². The fourth-order valence-corrected chi connectivity index (χ4v) is 3.17. The zero-order chi connectivity index (χ0) is 24.9. The van der Waals surface area contributed by atoms with E-state index in [1.165, 1.54) is 12.2 Å². The van der Waals surface area contributed by atoms with Gasteiger partial charge in [-0.2, -0.15) is 0 Å². The highest BCUT2D eigenvalue weighted by molar-refractivity contribution is 6.35. The number of anilines is 1. The Balaban J connectivity index is 2.28. The van der Waals surface area contributed by atoms with Crippen molar-refractivity contribution in [2.24, 2.45) is 0 Å². The number of para-hydroxylation sites is 1. The van der Waals surface area contributed by atoms with Gasteiger partial charge in [-0.25, -0.2) is 19.0 Å². The standard InChI is InChI=1S/C23H24Cl2FN3O4/c1-12(2)14-8-6-7-13(9-10-17(30)33-23(3,4)5)18(14)27-22(32)29-21(31)15-11-16(26)20(25)28-19(15)24/h6-12H,1-5H3,(H2,27,29,31,32)/b10-9+. The first-order valence-corrected chi connectivity index (χ1v) is 10.7. The largest absolute Gasteiger partial charge is 0.457 e. The summed E-state index contributed by atoms with van der Waals surface area (Å²) in [6, 6.07) is 5.19. The number of urea groups is 1. The molecule has 0 saturated carbocycles. The summed E-state index contributed by atoms with van der Waals surface area (Å²) < 4.78 is 18.9. The third kappa shape index (κ3) is 7.54. The van der Waals surface area contributed by atoms with E-state index in [4.69, 9.17) is 27.9 Å². The van der Waals surface area contributed by atoms with Crippen LogP contribution in [0.3, 0.4) is 0 Å². The molecule has 2 aromatic rings. The van der Waals surface area contributed by atoms with Gasteiger partial charge in [0, 0.05) is 6.08 Å². The minimum atomic E-state index is -0.964. The first-order chi connectivity index (χ1) is 15.3. The number of nitrogens with zero attached hydrogens (tertiary/aromatic N) is 1. The Kier molecular flexibility index (Phi) is 8.57. The monoisotopic (exact) mass is 495 g/mol. The van der Waals surface area contributed by atoms with Gasteiger partial charge in [-0.15, -0.1) is 0 Å². The van der Waals surface area contributed by atoms with E-state index in [9.17, 15) is 18.8 Å². The molecule has 0 spiro atoms. The van der Waals surface area contributed by atoms with Crippen molar-refractivity contribution in [1.82, 2.24) is 10.3 Å². The number of halogens is 3. The number of esters is 1. The maximum Gasteiger partial charge on any atom is 0.331 e. The second-order valence-corrected chi connectivity index (χ2v) is 9.06. The Morgan fingerprint density at radius 3 is 2.42 bits per heavy atom. The van der Waals surface area contributed by atoms with Crippen LogP contribution in [0.5, 0.6) is 0 Å². The minimum Gasteiger partial charge on any atom is -0.457 e. The summed E-state index contributed by atoms with van der Waals surface area (Å²) in [7, 11) is 0. The van der Waals surface area contributed by atoms with Crippen molar-refractivity contribution >= 4 is 52.9 Å². The van der Waals surface area contributed by atoms with Gasteiger partial charge in [0.2, 0.25) is 0 Å². The molecule has 0 atom stereocenters. The van der Waals surface area contributed by atoms with Gasteiger partial charge in [-0.1, -0.05) is 55.2 Å². The SMILES string of the molecule is CC(C)c1cccc(/C=C/C(=O)OC(C)(C)C)c1NC(=O)NC(=O)c1cc(F)c(Cl)nc1Cl. The fraction of sp³-hybridized carbons (Fsp3) is 0.304. The summed E-state index contributed by atoms with van der Waals surface area (Å²) in [6.45, 7) is 9.10. The van der Waals surface area contributed by atoms with Gasteiger partial charge in [0.05, 0.1) is 11.3 Å². The quantitative estimate of drug-likeness (QED) is 0.302. The van der Waals surface area contributed by atoms with E-state index >= 15 is 0 Å². The predicted octanol–water partition coefficient (Wildman–Crippen LogP) is 5.97. The molecule has 1 aromatic carbocycles. The van der Waals surface area contributed by atoms with E-state index in [1.807, 2.05) is 19.9 Å². The number of nitrogens with one attached hydrogen (secondary N) is 2. The molecule has 1 aromatic heterocycles. The number of carbonyl (C=O) groups excluding carboxylic acids is 3. The molecule has 176 valence electrons. The maximum absolute atomic E-state index is 13.7. The van der Waals surface area contributed by atoms with E-state index in [0.717, 1.165) is 11.6 Å². The average molecular weight is 496 g/mol. The summed E-state index contributed by atoms with van der Waals surface area (Å²) in [6.07, 6.45) is 2.76. The molecule has 3 amide bonds. The summed E-state index contributed by atoms with van der Waals surface area (Å²) >= 11 is 11.4. The van der Waals surface area contributed by atoms with Gasteiger partial charge < -0.3 is 10.1 Å². The second-order valence-electron chi connectivity index (χ2n) is 8.34. The van der Waals surface area contributed by atoms with Crippen molar-refractivity contribution in [3.8, 4) is 0 Å². The molecular formula is C23H24Cl2FN3O4. The summed E-state index contributed by atoms with van der Waals surface area (Å²) in [5.41, 5.74) is 0.674. The minimum absolute atomic E-state index is 0.00915. The molecular weight excluding hydrogens is 472 g/mol. The van der Waals surface area contributed by atoms with Gasteiger partial charge in [-0.05, 0) is 50.0 Å². The Morgan fingerprint density at radius 2 is 1.82 bits per heavy atom. The van der Waals surface area contributed by atoms with Gasteiger partial charge in [0.15, 0.2) is 11.0 Å². The zero-order valence-electron chi connectivity index (χ0n) is 18.8. The number of carbonyl (C=O) groups is 3. The lowest BCUT2D eigenvalue weighted by Crippen LogP contribution is -2.35. The van der Waals surface area contributed by atoms with Gasteiger partial charge in [0.1, 0.15) is 10.8 Å². The summed E-state index contributed by atoms with van der Waals surface area (Å²) in [5, 5.41) is 3.86. The normalized spacial score (nSPS) is 11.5. The van der Waals surface area contributed by atoms with Gasteiger partial charge in [-0.3, -0.25) is 10.1 Å². The molecule has 1 heterocycles. The van der Waals surface area contributed by atoms with E-state index in [1.54, 1.807) is 32.9 Å². The van der Waals surface area contributed by atoms with Crippen molar-refractivity contribution in [3.05, 3.63) is 63.2 Å². The van der Waals surface area contributed by atoms with Crippen molar-refractivity contribution in [2.75, 3.05) is 5.32 Å². The first-order valence-electron chi connectivity index (χ1n) is 9.96. The van der Waals surface area contributed by atoms with Crippen LogP contribution in [0.15, 0.2) is 30.3 Å². The zero-order valence-corrected chi connectivity index (χ0v) is 20.3. The molecule has 0 aliphatic heterocycles. The van der Waals surface area contributed by atoms with Crippen LogP contribution < -0.4 is 10.6 Å². The molecule has 33 heavy (non-hydrogen) atoms. The number of benzene rings is 1. The number of rotatable bonds is 5. The van der Waals surface area contributed by atoms with Crippen molar-refractivity contribution in [1.29, 1.82) is 0 Å². The van der Waals surface area contributed by atoms with Crippen molar-refractivity contribution < 1.29 is 23.5 Å². The van der Waals surface area contributed by atoms with Crippen LogP contribution >= 0.6 is 23.2 Å². The molecule has 0 bridgehead atoms. The summed E-state index contributed by atoms with van der Waals surface area (Å²) in [4.78, 5) is 40.5. The lowest BCUT2D eigenvalue weighted by molar-refractivity contribution is -0.148. The number of amides is 3. The lowest BCUT2D eigenvalue weighted by Gasteiger charge is -2.18. The smallest absolute Gasteiger partial charge is 0.331 e. The van der Waals surface area contributed by atoms with Crippen LogP contribution in [0.25, 0.3) is 6.08 Å².